The Morgan fingerprint density at radius 3 is 2.67 bits per heavy atom. The number of nitrogens with two attached hydrogens (primary N) is 1. The summed E-state index contributed by atoms with van der Waals surface area (Å²) in [4.78, 5) is 0. The lowest BCUT2D eigenvalue weighted by Crippen LogP contribution is -1.94. The predicted octanol–water partition coefficient (Wildman–Crippen LogP) is 1.55. The fourth-order valence-electron chi connectivity index (χ4n) is 1.09. The molecule has 0 bridgehead atoms. The van der Waals surface area contributed by atoms with Crippen molar-refractivity contribution in [2.24, 2.45) is 0 Å². The van der Waals surface area contributed by atoms with Crippen molar-refractivity contribution in [2.75, 3.05) is 12.8 Å². The van der Waals surface area contributed by atoms with Crippen LogP contribution in [-0.4, -0.2) is 12.2 Å². The summed E-state index contributed by atoms with van der Waals surface area (Å²) in [7, 11) is 1.56. The number of phenols is 1. The minimum absolute atomic E-state index is 0.232. The summed E-state index contributed by atoms with van der Waals surface area (Å²) < 4.78 is 5.01. The van der Waals surface area contributed by atoms with Gasteiger partial charge in [0.1, 0.15) is 11.5 Å². The Hall–Kier alpha value is -1.38. The third-order valence-electron chi connectivity index (χ3n) is 1.81. The van der Waals surface area contributed by atoms with Crippen LogP contribution in [0.1, 0.15) is 12.5 Å². The molecule has 0 spiro atoms. The standard InChI is InChI=1S/C9H13NO2/c1-3-6-4-9(12-2)7(10)5-8(6)11/h4-5,11H,3,10H2,1-2H3. The van der Waals surface area contributed by atoms with Gasteiger partial charge in [0.25, 0.3) is 0 Å². The highest BCUT2D eigenvalue weighted by Gasteiger charge is 2.05. The molecule has 12 heavy (non-hydrogen) atoms. The highest BCUT2D eigenvalue weighted by Crippen LogP contribution is 2.29. The van der Waals surface area contributed by atoms with E-state index in [9.17, 15) is 5.11 Å². The van der Waals surface area contributed by atoms with Gasteiger partial charge >= 0.3 is 0 Å². The lowest BCUT2D eigenvalue weighted by molar-refractivity contribution is 0.413. The molecule has 0 fully saturated rings. The Morgan fingerprint density at radius 2 is 2.17 bits per heavy atom. The van der Waals surface area contributed by atoms with Crippen molar-refractivity contribution in [3.05, 3.63) is 17.7 Å². The predicted molar refractivity (Wildman–Crippen MR) is 48.4 cm³/mol. The summed E-state index contributed by atoms with van der Waals surface area (Å²) in [5.74, 6) is 0.848. The Kier molecular flexibility index (Phi) is 2.43. The quantitative estimate of drug-likeness (QED) is 0.657. The van der Waals surface area contributed by atoms with Gasteiger partial charge in [-0.2, -0.15) is 0 Å². The van der Waals surface area contributed by atoms with Crippen LogP contribution in [0.25, 0.3) is 0 Å². The zero-order chi connectivity index (χ0) is 9.14. The van der Waals surface area contributed by atoms with Gasteiger partial charge in [-0.3, -0.25) is 0 Å². The number of nitrogen functional groups attached to an aromatic ring is 1. The number of benzene rings is 1. The van der Waals surface area contributed by atoms with Crippen molar-refractivity contribution in [3.8, 4) is 11.5 Å². The number of aromatic hydroxyl groups is 1. The minimum atomic E-state index is 0.232. The van der Waals surface area contributed by atoms with Gasteiger partial charge < -0.3 is 15.6 Å². The van der Waals surface area contributed by atoms with E-state index in [1.165, 1.54) is 6.07 Å². The van der Waals surface area contributed by atoms with E-state index >= 15 is 0 Å². The van der Waals surface area contributed by atoms with Crippen molar-refractivity contribution in [1.29, 1.82) is 0 Å². The molecule has 0 aliphatic carbocycles. The number of hydrogen-bond donors (Lipinski definition) is 2. The molecule has 1 aromatic rings. The molecule has 0 aromatic heterocycles. The van der Waals surface area contributed by atoms with Crippen molar-refractivity contribution in [3.63, 3.8) is 0 Å². The van der Waals surface area contributed by atoms with Crippen molar-refractivity contribution >= 4 is 5.69 Å². The number of hydrogen-bond acceptors (Lipinski definition) is 3. The number of rotatable bonds is 2. The van der Waals surface area contributed by atoms with Crippen LogP contribution < -0.4 is 10.5 Å². The minimum Gasteiger partial charge on any atom is -0.508 e. The molecule has 0 atom stereocenters. The SMILES string of the molecule is CCc1cc(OC)c(N)cc1O. The van der Waals surface area contributed by atoms with Crippen LogP contribution in [0.5, 0.6) is 11.5 Å². The van der Waals surface area contributed by atoms with Crippen molar-refractivity contribution < 1.29 is 9.84 Å². The lowest BCUT2D eigenvalue weighted by atomic mass is 10.1. The van der Waals surface area contributed by atoms with Crippen LogP contribution in [0.2, 0.25) is 0 Å². The second kappa shape index (κ2) is 3.34. The first-order chi connectivity index (χ1) is 5.69. The average Bonchev–Trinajstić information content (AvgIpc) is 2.05. The molecule has 0 unspecified atom stereocenters. The lowest BCUT2D eigenvalue weighted by Gasteiger charge is -2.07. The van der Waals surface area contributed by atoms with E-state index in [0.717, 1.165) is 12.0 Å². The molecule has 3 nitrogen and oxygen atoms in total. The molecule has 0 aliphatic heterocycles. The summed E-state index contributed by atoms with van der Waals surface area (Å²) in [5.41, 5.74) is 6.88. The van der Waals surface area contributed by atoms with Gasteiger partial charge in [0, 0.05) is 6.07 Å². The van der Waals surface area contributed by atoms with E-state index < -0.39 is 0 Å². The van der Waals surface area contributed by atoms with Crippen LogP contribution in [0.4, 0.5) is 5.69 Å². The zero-order valence-electron chi connectivity index (χ0n) is 7.29. The van der Waals surface area contributed by atoms with Crippen molar-refractivity contribution in [2.45, 2.75) is 13.3 Å². The molecular formula is C9H13NO2. The van der Waals surface area contributed by atoms with Crippen LogP contribution in [0.15, 0.2) is 12.1 Å². The van der Waals surface area contributed by atoms with Crippen LogP contribution in [0, 0.1) is 0 Å². The van der Waals surface area contributed by atoms with Gasteiger partial charge in [0.2, 0.25) is 0 Å². The maximum absolute atomic E-state index is 9.38. The molecule has 0 saturated heterocycles. The molecule has 0 heterocycles. The maximum atomic E-state index is 9.38. The number of phenolic OH excluding ortho intramolecular Hbond substituents is 1. The fourth-order valence-corrected chi connectivity index (χ4v) is 1.09. The summed E-state index contributed by atoms with van der Waals surface area (Å²) in [6.45, 7) is 1.96. The Balaban J connectivity index is 3.18. The average molecular weight is 167 g/mol. The van der Waals surface area contributed by atoms with E-state index in [2.05, 4.69) is 0 Å². The first-order valence-corrected chi connectivity index (χ1v) is 3.84. The van der Waals surface area contributed by atoms with Crippen LogP contribution >= 0.6 is 0 Å². The molecular weight excluding hydrogens is 154 g/mol. The fraction of sp³-hybridized carbons (Fsp3) is 0.333. The Bertz CT molecular complexity index is 259. The molecule has 0 radical (unpaired) electrons. The zero-order valence-corrected chi connectivity index (χ0v) is 7.29. The molecule has 66 valence electrons. The van der Waals surface area contributed by atoms with Gasteiger partial charge in [-0.15, -0.1) is 0 Å². The van der Waals surface area contributed by atoms with E-state index in [-0.39, 0.29) is 5.75 Å². The molecule has 0 aliphatic rings. The summed E-state index contributed by atoms with van der Waals surface area (Å²) >= 11 is 0. The number of aryl methyl sites for hydroxylation is 1. The van der Waals surface area contributed by atoms with Gasteiger partial charge in [-0.1, -0.05) is 6.92 Å². The second-order valence-corrected chi connectivity index (χ2v) is 2.58. The largest absolute Gasteiger partial charge is 0.508 e. The topological polar surface area (TPSA) is 55.5 Å². The normalized spacial score (nSPS) is 9.83. The Morgan fingerprint density at radius 1 is 1.50 bits per heavy atom. The Labute approximate surface area is 71.8 Å². The first-order valence-electron chi connectivity index (χ1n) is 3.84. The highest BCUT2D eigenvalue weighted by atomic mass is 16.5. The maximum Gasteiger partial charge on any atom is 0.142 e. The van der Waals surface area contributed by atoms with Gasteiger partial charge in [-0.25, -0.2) is 0 Å². The van der Waals surface area contributed by atoms with E-state index in [0.29, 0.717) is 11.4 Å². The highest BCUT2D eigenvalue weighted by molar-refractivity contribution is 5.58. The van der Waals surface area contributed by atoms with E-state index in [4.69, 9.17) is 10.5 Å². The van der Waals surface area contributed by atoms with E-state index in [1.54, 1.807) is 13.2 Å². The summed E-state index contributed by atoms with van der Waals surface area (Å²) in [6.07, 6.45) is 0.766. The molecule has 0 saturated carbocycles. The summed E-state index contributed by atoms with van der Waals surface area (Å²) in [5, 5.41) is 9.38. The monoisotopic (exact) mass is 167 g/mol. The smallest absolute Gasteiger partial charge is 0.142 e. The summed E-state index contributed by atoms with van der Waals surface area (Å²) in [6, 6.07) is 3.27. The first kappa shape index (κ1) is 8.71. The number of methoxy groups -OCH3 is 1. The van der Waals surface area contributed by atoms with E-state index in [1.807, 2.05) is 6.92 Å². The molecule has 1 aromatic carbocycles. The van der Waals surface area contributed by atoms with Crippen LogP contribution in [0.3, 0.4) is 0 Å². The van der Waals surface area contributed by atoms with Crippen LogP contribution in [-0.2, 0) is 6.42 Å². The number of ether oxygens (including phenoxy) is 1. The molecule has 0 amide bonds. The van der Waals surface area contributed by atoms with Gasteiger partial charge in [-0.05, 0) is 18.1 Å². The number of anilines is 1. The third-order valence-corrected chi connectivity index (χ3v) is 1.81. The van der Waals surface area contributed by atoms with Crippen molar-refractivity contribution in [1.82, 2.24) is 0 Å². The molecule has 3 heteroatoms. The molecule has 3 N–H and O–H groups in total. The third kappa shape index (κ3) is 1.44. The van der Waals surface area contributed by atoms with Gasteiger partial charge in [0.15, 0.2) is 0 Å². The second-order valence-electron chi connectivity index (χ2n) is 2.58. The van der Waals surface area contributed by atoms with Gasteiger partial charge in [0.05, 0.1) is 12.8 Å². The molecule has 1 rings (SSSR count).